The number of hydrogen-bond donors (Lipinski definition) is 6. The normalized spacial score (nSPS) is 30.2. The minimum atomic E-state index is -2.07. The highest BCUT2D eigenvalue weighted by atomic mass is 16.7. The molecular formula is C40H49N5O12. The average molecular weight is 792 g/mol. The van der Waals surface area contributed by atoms with E-state index in [2.05, 4.69) is 20.6 Å². The van der Waals surface area contributed by atoms with Gasteiger partial charge in [0.1, 0.15) is 36.0 Å². The zero-order valence-corrected chi connectivity index (χ0v) is 33.1. The van der Waals surface area contributed by atoms with Crippen molar-refractivity contribution in [2.24, 2.45) is 28.8 Å². The van der Waals surface area contributed by atoms with Crippen molar-refractivity contribution in [3.63, 3.8) is 0 Å². The molecule has 6 rings (SSSR count). The summed E-state index contributed by atoms with van der Waals surface area (Å²) in [6, 6.07) is 0. The van der Waals surface area contributed by atoms with Crippen molar-refractivity contribution in [1.29, 1.82) is 0 Å². The molecule has 9 atom stereocenters. The number of ketones is 1. The molecular weight excluding hydrogens is 742 g/mol. The molecule has 6 N–H and O–H groups in total. The summed E-state index contributed by atoms with van der Waals surface area (Å²) in [4.78, 5) is 40.2. The van der Waals surface area contributed by atoms with Crippen LogP contribution in [-0.2, 0) is 23.8 Å². The van der Waals surface area contributed by atoms with E-state index in [0.717, 1.165) is 6.21 Å². The predicted molar refractivity (Wildman–Crippen MR) is 207 cm³/mol. The molecule has 0 spiro atoms. The van der Waals surface area contributed by atoms with Crippen LogP contribution in [0.1, 0.15) is 70.0 Å². The van der Waals surface area contributed by atoms with Crippen LogP contribution in [0.4, 0.5) is 5.69 Å². The fourth-order valence-electron chi connectivity index (χ4n) is 7.25. The molecule has 17 nitrogen and oxygen atoms in total. The van der Waals surface area contributed by atoms with E-state index in [1.165, 1.54) is 70.5 Å². The lowest BCUT2D eigenvalue weighted by atomic mass is 9.78. The van der Waals surface area contributed by atoms with E-state index in [1.54, 1.807) is 39.8 Å². The molecule has 0 radical (unpaired) electrons. The maximum Gasteiger partial charge on any atom is 0.312 e. The third kappa shape index (κ3) is 8.08. The predicted octanol–water partition coefficient (Wildman–Crippen LogP) is 4.23. The first-order valence-electron chi connectivity index (χ1n) is 18.3. The minimum Gasteiger partial charge on any atom is -0.507 e. The second kappa shape index (κ2) is 16.8. The number of phenolic OH excluding ortho intramolecular Hbond substituents is 3. The largest absolute Gasteiger partial charge is 0.507 e. The van der Waals surface area contributed by atoms with Crippen LogP contribution in [0.25, 0.3) is 10.8 Å². The standard InChI is InChI=1S/C40H49N5O12/c1-18-11-10-12-19(2)39(53)44-30-25(15-43-45-16-41-42-17-45)34(50)27-28(35(30)51)33(49)23(6)37-29(27)38(52)40(8,57-37)55-14-13-26(54-9)20(3)36(56-24(7)46)22(5)32(48)21(4)31(18)47/h10-18,20-22,26,31-32,36,47-51H,1-9H3,(H,44,53)/b11-10-,14-13?,19-12-,43-15+. The summed E-state index contributed by atoms with van der Waals surface area (Å²) in [6.45, 7) is 12.4. The molecule has 4 heterocycles. The number of aliphatic hydroxyl groups excluding tert-OH is 2. The number of phenols is 3. The number of fused-ring (bicyclic) bond motifs is 14. The zero-order valence-electron chi connectivity index (χ0n) is 33.1. The molecule has 1 amide bonds. The maximum atomic E-state index is 14.3. The third-order valence-electron chi connectivity index (χ3n) is 10.8. The number of aliphatic hydroxyl groups is 2. The first-order chi connectivity index (χ1) is 26.8. The number of methoxy groups -OCH3 is 1. The molecule has 5 bridgehead atoms. The Morgan fingerprint density at radius 1 is 0.965 bits per heavy atom. The SMILES string of the molecule is COC1C=COC2(C)Oc3c(C)c(O)c4c(O)c(c(/C=N/n5cnnc5)c(O)c4c3C2=O)NC(=O)/C(C)=C\C=C/C(C)C(O)C(C)C(O)C(C)C(OC(C)=O)C1C. The third-order valence-corrected chi connectivity index (χ3v) is 10.8. The van der Waals surface area contributed by atoms with Crippen LogP contribution >= 0.6 is 0 Å². The lowest BCUT2D eigenvalue weighted by molar-refractivity contribution is -0.160. The number of carbonyl (C=O) groups is 3. The number of nitrogens with zero attached hydrogens (tertiary/aromatic N) is 4. The Morgan fingerprint density at radius 3 is 2.26 bits per heavy atom. The highest BCUT2D eigenvalue weighted by Crippen LogP contribution is 2.55. The Hall–Kier alpha value is -5.78. The van der Waals surface area contributed by atoms with Crippen molar-refractivity contribution >= 4 is 40.3 Å². The quantitative estimate of drug-likeness (QED) is 0.0938. The second-order valence-electron chi connectivity index (χ2n) is 14.7. The van der Waals surface area contributed by atoms with Gasteiger partial charge in [-0.2, -0.15) is 5.10 Å². The molecule has 3 aliphatic heterocycles. The average Bonchev–Trinajstić information content (AvgIpc) is 3.79. The Bertz CT molecular complexity index is 2160. The molecule has 3 aliphatic rings. The number of nitrogens with one attached hydrogen (secondary N) is 1. The van der Waals surface area contributed by atoms with Gasteiger partial charge in [-0.25, -0.2) is 4.68 Å². The number of amides is 1. The van der Waals surface area contributed by atoms with Crippen LogP contribution in [0.2, 0.25) is 0 Å². The highest BCUT2D eigenvalue weighted by molar-refractivity contribution is 6.23. The van der Waals surface area contributed by atoms with E-state index < -0.39 is 88.8 Å². The van der Waals surface area contributed by atoms with Gasteiger partial charge in [-0.3, -0.25) is 14.4 Å². The molecule has 57 heavy (non-hydrogen) atoms. The van der Waals surface area contributed by atoms with Gasteiger partial charge in [-0.05, 0) is 19.9 Å². The molecule has 3 aromatic rings. The number of Topliss-reactive ketones (excluding diaryl/α,β-unsaturated/α-hetero) is 1. The Balaban J connectivity index is 1.72. The van der Waals surface area contributed by atoms with Gasteiger partial charge in [-0.15, -0.1) is 10.2 Å². The van der Waals surface area contributed by atoms with Gasteiger partial charge >= 0.3 is 11.8 Å². The summed E-state index contributed by atoms with van der Waals surface area (Å²) in [6.07, 6.45) is 7.00. The lowest BCUT2D eigenvalue weighted by Crippen LogP contribution is -2.46. The summed E-state index contributed by atoms with van der Waals surface area (Å²) in [7, 11) is 1.42. The van der Waals surface area contributed by atoms with E-state index in [9.17, 15) is 39.9 Å². The van der Waals surface area contributed by atoms with Crippen molar-refractivity contribution in [1.82, 2.24) is 14.9 Å². The van der Waals surface area contributed by atoms with Gasteiger partial charge in [-0.1, -0.05) is 45.9 Å². The molecule has 9 unspecified atom stereocenters. The number of ether oxygens (including phenoxy) is 4. The van der Waals surface area contributed by atoms with Gasteiger partial charge < -0.3 is 49.8 Å². The van der Waals surface area contributed by atoms with Crippen molar-refractivity contribution < 1.29 is 58.9 Å². The Labute approximate surface area is 328 Å². The summed E-state index contributed by atoms with van der Waals surface area (Å²) in [5.41, 5.74) is -0.655. The first kappa shape index (κ1) is 42.4. The van der Waals surface area contributed by atoms with Crippen LogP contribution in [0, 0.1) is 30.6 Å². The Morgan fingerprint density at radius 2 is 1.63 bits per heavy atom. The summed E-state index contributed by atoms with van der Waals surface area (Å²) in [5.74, 6) is -8.72. The van der Waals surface area contributed by atoms with Gasteiger partial charge in [0.25, 0.3) is 11.7 Å². The number of aromatic hydroxyl groups is 3. The van der Waals surface area contributed by atoms with E-state index in [4.69, 9.17) is 18.9 Å². The van der Waals surface area contributed by atoms with Crippen LogP contribution in [0.3, 0.4) is 0 Å². The molecule has 2 aromatic carbocycles. The number of rotatable bonds is 4. The molecule has 306 valence electrons. The minimum absolute atomic E-state index is 0.0254. The van der Waals surface area contributed by atoms with E-state index >= 15 is 0 Å². The summed E-state index contributed by atoms with van der Waals surface area (Å²) >= 11 is 0. The number of hydrogen-bond acceptors (Lipinski definition) is 15. The van der Waals surface area contributed by atoms with Gasteiger partial charge in [0.05, 0.1) is 53.0 Å². The molecule has 1 aromatic heterocycles. The second-order valence-corrected chi connectivity index (χ2v) is 14.7. The molecule has 17 heteroatoms. The van der Waals surface area contributed by atoms with E-state index in [-0.39, 0.29) is 44.5 Å². The maximum absolute atomic E-state index is 14.3. The van der Waals surface area contributed by atoms with Gasteiger partial charge in [0, 0.05) is 61.2 Å². The number of allylic oxidation sites excluding steroid dienone is 2. The number of esters is 1. The summed E-state index contributed by atoms with van der Waals surface area (Å²) in [5, 5.41) is 71.5. The van der Waals surface area contributed by atoms with Crippen molar-refractivity contribution in [3.8, 4) is 23.0 Å². The van der Waals surface area contributed by atoms with Crippen LogP contribution in [0.15, 0.2) is 53.9 Å². The Kier molecular flexibility index (Phi) is 12.5. The smallest absolute Gasteiger partial charge is 0.312 e. The van der Waals surface area contributed by atoms with Crippen molar-refractivity contribution in [2.75, 3.05) is 12.4 Å². The van der Waals surface area contributed by atoms with Crippen molar-refractivity contribution in [3.05, 3.63) is 65.5 Å². The zero-order chi connectivity index (χ0) is 42.1. The van der Waals surface area contributed by atoms with E-state index in [0.29, 0.717) is 0 Å². The monoisotopic (exact) mass is 791 g/mol. The van der Waals surface area contributed by atoms with Gasteiger partial charge in [0.2, 0.25) is 0 Å². The molecule has 0 saturated carbocycles. The number of aromatic nitrogens is 3. The number of benzene rings is 2. The lowest BCUT2D eigenvalue weighted by Gasteiger charge is -2.38. The van der Waals surface area contributed by atoms with Crippen LogP contribution in [-0.4, -0.2) is 102 Å². The van der Waals surface area contributed by atoms with E-state index in [1.807, 2.05) is 0 Å². The van der Waals surface area contributed by atoms with Crippen molar-refractivity contribution in [2.45, 2.75) is 85.6 Å². The van der Waals surface area contributed by atoms with Crippen LogP contribution in [0.5, 0.6) is 23.0 Å². The first-order valence-corrected chi connectivity index (χ1v) is 18.3. The highest BCUT2D eigenvalue weighted by Gasteiger charge is 2.50. The molecule has 0 fully saturated rings. The van der Waals surface area contributed by atoms with Gasteiger partial charge in [0.15, 0.2) is 5.75 Å². The molecule has 0 saturated heterocycles. The number of anilines is 1. The fourth-order valence-corrected chi connectivity index (χ4v) is 7.25. The molecule has 0 aliphatic carbocycles. The topological polar surface area (TPSA) is 244 Å². The number of carbonyl (C=O) groups excluding carboxylic acids is 3. The fraction of sp³-hybridized carbons (Fsp3) is 0.450. The summed E-state index contributed by atoms with van der Waals surface area (Å²) < 4.78 is 24.6. The van der Waals surface area contributed by atoms with Crippen LogP contribution < -0.4 is 10.1 Å².